The van der Waals surface area contributed by atoms with Gasteiger partial charge in [-0.2, -0.15) is 0 Å². The Balaban J connectivity index is 2.51. The Kier molecular flexibility index (Phi) is 4.39. The summed E-state index contributed by atoms with van der Waals surface area (Å²) in [5.74, 6) is 0. The summed E-state index contributed by atoms with van der Waals surface area (Å²) in [5, 5.41) is 10.7. The van der Waals surface area contributed by atoms with E-state index in [4.69, 9.17) is 0 Å². The van der Waals surface area contributed by atoms with E-state index in [1.807, 2.05) is 36.4 Å². The second-order valence-corrected chi connectivity index (χ2v) is 5.24. The van der Waals surface area contributed by atoms with Gasteiger partial charge in [-0.15, -0.1) is 0 Å². The van der Waals surface area contributed by atoms with Crippen molar-refractivity contribution in [1.82, 2.24) is 0 Å². The molecule has 2 aromatic carbocycles. The number of aliphatic hydroxyl groups is 1. The van der Waals surface area contributed by atoms with Crippen molar-refractivity contribution < 1.29 is 5.11 Å². The normalized spacial score (nSPS) is 13.2. The summed E-state index contributed by atoms with van der Waals surface area (Å²) in [6.45, 7) is 4.25. The van der Waals surface area contributed by atoms with Gasteiger partial charge in [0.15, 0.2) is 0 Å². The summed E-state index contributed by atoms with van der Waals surface area (Å²) in [6, 6.07) is 20.6. The fraction of sp³-hybridized carbons (Fsp3) is 0.333. The average molecular weight is 254 g/mol. The van der Waals surface area contributed by atoms with Crippen molar-refractivity contribution in [2.75, 3.05) is 0 Å². The van der Waals surface area contributed by atoms with Gasteiger partial charge in [0.05, 0.1) is 6.10 Å². The van der Waals surface area contributed by atoms with Crippen molar-refractivity contribution in [3.8, 4) is 0 Å². The van der Waals surface area contributed by atoms with Crippen molar-refractivity contribution in [2.45, 2.75) is 38.2 Å². The second-order valence-electron chi connectivity index (χ2n) is 5.24. The third-order valence-electron chi connectivity index (χ3n) is 3.98. The lowest BCUT2D eigenvalue weighted by Crippen LogP contribution is -2.37. The smallest absolute Gasteiger partial charge is 0.0674 e. The zero-order valence-corrected chi connectivity index (χ0v) is 11.7. The van der Waals surface area contributed by atoms with Crippen molar-refractivity contribution in [3.05, 3.63) is 71.8 Å². The molecule has 2 aromatic rings. The van der Waals surface area contributed by atoms with Crippen LogP contribution >= 0.6 is 0 Å². The van der Waals surface area contributed by atoms with Crippen molar-refractivity contribution >= 4 is 0 Å². The van der Waals surface area contributed by atoms with Crippen LogP contribution in [0.15, 0.2) is 60.7 Å². The molecule has 0 amide bonds. The van der Waals surface area contributed by atoms with Crippen LogP contribution in [0.4, 0.5) is 0 Å². The predicted molar refractivity (Wildman–Crippen MR) is 80.3 cm³/mol. The van der Waals surface area contributed by atoms with Crippen LogP contribution in [0.2, 0.25) is 0 Å². The summed E-state index contributed by atoms with van der Waals surface area (Å²) in [6.07, 6.45) is 1.42. The molecule has 0 bridgehead atoms. The van der Waals surface area contributed by atoms with E-state index in [2.05, 4.69) is 38.1 Å². The lowest BCUT2D eigenvalue weighted by molar-refractivity contribution is 0.101. The number of aliphatic hydroxyl groups excluding tert-OH is 1. The highest BCUT2D eigenvalue weighted by Crippen LogP contribution is 2.36. The summed E-state index contributed by atoms with van der Waals surface area (Å²) in [5.41, 5.74) is 1.99. The molecule has 0 saturated carbocycles. The van der Waals surface area contributed by atoms with Gasteiger partial charge in [0.1, 0.15) is 0 Å². The molecule has 1 unspecified atom stereocenters. The van der Waals surface area contributed by atoms with Crippen LogP contribution in [0.3, 0.4) is 0 Å². The average Bonchev–Trinajstić information content (AvgIpc) is 2.48. The first-order valence-corrected chi connectivity index (χ1v) is 6.98. The molecule has 0 heterocycles. The monoisotopic (exact) mass is 254 g/mol. The molecule has 100 valence electrons. The van der Waals surface area contributed by atoms with Gasteiger partial charge in [-0.25, -0.2) is 0 Å². The summed E-state index contributed by atoms with van der Waals surface area (Å²) in [4.78, 5) is 0. The molecule has 0 fully saturated rings. The summed E-state index contributed by atoms with van der Waals surface area (Å²) in [7, 11) is 0. The highest BCUT2D eigenvalue weighted by Gasteiger charge is 2.35. The molecule has 1 atom stereocenters. The van der Waals surface area contributed by atoms with Crippen LogP contribution in [0.25, 0.3) is 0 Å². The molecule has 0 aliphatic rings. The van der Waals surface area contributed by atoms with Crippen LogP contribution in [-0.2, 0) is 5.41 Å². The van der Waals surface area contributed by atoms with Gasteiger partial charge in [-0.05, 0) is 24.5 Å². The van der Waals surface area contributed by atoms with Crippen molar-refractivity contribution in [2.24, 2.45) is 0 Å². The Morgan fingerprint density at radius 1 is 0.895 bits per heavy atom. The Hall–Kier alpha value is -1.60. The van der Waals surface area contributed by atoms with E-state index in [0.717, 1.165) is 12.8 Å². The first-order chi connectivity index (χ1) is 9.19. The largest absolute Gasteiger partial charge is 0.392 e. The Labute approximate surface area is 115 Å². The molecule has 0 aliphatic heterocycles. The maximum Gasteiger partial charge on any atom is 0.0674 e. The Morgan fingerprint density at radius 3 is 1.68 bits per heavy atom. The van der Waals surface area contributed by atoms with Crippen LogP contribution in [-0.4, -0.2) is 11.2 Å². The molecule has 1 heteroatoms. The molecule has 0 aromatic heterocycles. The maximum atomic E-state index is 10.7. The van der Waals surface area contributed by atoms with Crippen LogP contribution < -0.4 is 0 Å². The molecular weight excluding hydrogens is 232 g/mol. The lowest BCUT2D eigenvalue weighted by Gasteiger charge is -2.36. The van der Waals surface area contributed by atoms with Gasteiger partial charge >= 0.3 is 0 Å². The van der Waals surface area contributed by atoms with E-state index >= 15 is 0 Å². The SMILES string of the molecule is CCCC(O)C(C)(c1ccccc1)c1ccccc1. The Bertz CT molecular complexity index is 450. The molecule has 19 heavy (non-hydrogen) atoms. The minimum absolute atomic E-state index is 0.349. The fourth-order valence-corrected chi connectivity index (χ4v) is 2.68. The third kappa shape index (κ3) is 2.71. The maximum absolute atomic E-state index is 10.7. The van der Waals surface area contributed by atoms with Crippen LogP contribution in [0.1, 0.15) is 37.8 Å². The third-order valence-corrected chi connectivity index (χ3v) is 3.98. The van der Waals surface area contributed by atoms with Gasteiger partial charge < -0.3 is 5.11 Å². The Morgan fingerprint density at radius 2 is 1.32 bits per heavy atom. The number of hydrogen-bond acceptors (Lipinski definition) is 1. The lowest BCUT2D eigenvalue weighted by atomic mass is 9.71. The topological polar surface area (TPSA) is 20.2 Å². The van der Waals surface area contributed by atoms with Gasteiger partial charge in [-0.1, -0.05) is 74.0 Å². The minimum Gasteiger partial charge on any atom is -0.392 e. The van der Waals surface area contributed by atoms with Gasteiger partial charge in [0.25, 0.3) is 0 Å². The van der Waals surface area contributed by atoms with E-state index in [9.17, 15) is 5.11 Å². The quantitative estimate of drug-likeness (QED) is 0.849. The van der Waals surface area contributed by atoms with Crippen LogP contribution in [0, 0.1) is 0 Å². The van der Waals surface area contributed by atoms with Gasteiger partial charge in [-0.3, -0.25) is 0 Å². The van der Waals surface area contributed by atoms with E-state index in [1.54, 1.807) is 0 Å². The highest BCUT2D eigenvalue weighted by atomic mass is 16.3. The fourth-order valence-electron chi connectivity index (χ4n) is 2.68. The number of rotatable bonds is 5. The molecule has 0 saturated heterocycles. The first kappa shape index (κ1) is 13.8. The van der Waals surface area contributed by atoms with E-state index in [0.29, 0.717) is 0 Å². The zero-order chi connectivity index (χ0) is 13.7. The highest BCUT2D eigenvalue weighted by molar-refractivity contribution is 5.39. The molecule has 1 nitrogen and oxygen atoms in total. The van der Waals surface area contributed by atoms with E-state index < -0.39 is 0 Å². The molecule has 0 radical (unpaired) electrons. The molecule has 0 spiro atoms. The predicted octanol–water partition coefficient (Wildman–Crippen LogP) is 4.15. The minimum atomic E-state index is -0.373. The van der Waals surface area contributed by atoms with Crippen molar-refractivity contribution in [3.63, 3.8) is 0 Å². The standard InChI is InChI=1S/C18H22O/c1-3-10-17(19)18(2,15-11-6-4-7-12-15)16-13-8-5-9-14-16/h4-9,11-14,17,19H,3,10H2,1-2H3. The van der Waals surface area contributed by atoms with E-state index in [-0.39, 0.29) is 11.5 Å². The molecule has 2 rings (SSSR count). The second kappa shape index (κ2) is 6.03. The van der Waals surface area contributed by atoms with Gasteiger partial charge in [0.2, 0.25) is 0 Å². The molecule has 0 aliphatic carbocycles. The summed E-state index contributed by atoms with van der Waals surface area (Å²) < 4.78 is 0. The first-order valence-electron chi connectivity index (χ1n) is 6.98. The van der Waals surface area contributed by atoms with Gasteiger partial charge in [0, 0.05) is 5.41 Å². The zero-order valence-electron chi connectivity index (χ0n) is 11.7. The molecule has 1 N–H and O–H groups in total. The van der Waals surface area contributed by atoms with Crippen LogP contribution in [0.5, 0.6) is 0 Å². The van der Waals surface area contributed by atoms with E-state index in [1.165, 1.54) is 11.1 Å². The van der Waals surface area contributed by atoms with Crippen molar-refractivity contribution in [1.29, 1.82) is 0 Å². The number of hydrogen-bond donors (Lipinski definition) is 1. The number of benzene rings is 2. The summed E-state index contributed by atoms with van der Waals surface area (Å²) >= 11 is 0. The molecular formula is C18H22O.